The van der Waals surface area contributed by atoms with Crippen molar-refractivity contribution >= 4 is 34.8 Å². The van der Waals surface area contributed by atoms with E-state index in [1.807, 2.05) is 74.5 Å². The van der Waals surface area contributed by atoms with Gasteiger partial charge in [-0.2, -0.15) is 0 Å². The highest BCUT2D eigenvalue weighted by molar-refractivity contribution is 5.89. The maximum absolute atomic E-state index is 12.3. The predicted molar refractivity (Wildman–Crippen MR) is 166 cm³/mol. The molecular weight excluding hydrogens is 550 g/mol. The number of aromatic amines is 1. The molecule has 3 rings (SSSR count). The fraction of sp³-hybridized carbons (Fsp3) is 0.438. The van der Waals surface area contributed by atoms with E-state index in [2.05, 4.69) is 10.3 Å². The minimum Gasteiger partial charge on any atom is -0.480 e. The smallest absolute Gasteiger partial charge is 0.408 e. The van der Waals surface area contributed by atoms with Crippen LogP contribution in [0.3, 0.4) is 0 Å². The lowest BCUT2D eigenvalue weighted by atomic mass is 10.0. The zero-order valence-corrected chi connectivity index (χ0v) is 25.8. The standard InChI is InChI=1S/C16H25N3O2.C16H20N2O4/c1-11(2)9-13(17)16(21)19(3)14(15(18)20)10-12-7-5-4-6-8-12;1-16(2,3)22-15(21)18-13(14(19)20)9-11-8-10-6-4-5-7-12(10)17-11/h4-8,11,13-14H,9-10,17H2,1-3H3,(H2,18,20);4-8,13,17H,9H2,1-3H3,(H,18,21)(H,19,20)/t13-,14-;13-/m00/s1. The summed E-state index contributed by atoms with van der Waals surface area (Å²) in [6.45, 7) is 9.17. The average Bonchev–Trinajstić information content (AvgIpc) is 3.32. The van der Waals surface area contributed by atoms with Crippen LogP contribution in [-0.4, -0.2) is 69.6 Å². The van der Waals surface area contributed by atoms with Crippen LogP contribution in [0.4, 0.5) is 4.79 Å². The first kappa shape index (κ1) is 34.8. The van der Waals surface area contributed by atoms with Crippen molar-refractivity contribution in [3.8, 4) is 0 Å². The molecule has 1 heterocycles. The summed E-state index contributed by atoms with van der Waals surface area (Å²) in [5, 5.41) is 12.7. The number of carbonyl (C=O) groups excluding carboxylic acids is 3. The Morgan fingerprint density at radius 2 is 1.60 bits per heavy atom. The lowest BCUT2D eigenvalue weighted by molar-refractivity contribution is -0.139. The zero-order valence-electron chi connectivity index (χ0n) is 25.8. The quantitative estimate of drug-likeness (QED) is 0.224. The fourth-order valence-electron chi connectivity index (χ4n) is 4.40. The van der Waals surface area contributed by atoms with E-state index in [4.69, 9.17) is 16.2 Å². The Bertz CT molecular complexity index is 1330. The molecule has 0 unspecified atom stereocenters. The number of carboxylic acid groups (broad SMARTS) is 1. The van der Waals surface area contributed by atoms with Crippen molar-refractivity contribution in [2.75, 3.05) is 7.05 Å². The number of carboxylic acids is 1. The van der Waals surface area contributed by atoms with Gasteiger partial charge in [0.2, 0.25) is 11.8 Å². The van der Waals surface area contributed by atoms with Gasteiger partial charge in [-0.3, -0.25) is 9.59 Å². The van der Waals surface area contributed by atoms with Gasteiger partial charge in [-0.25, -0.2) is 9.59 Å². The fourth-order valence-corrected chi connectivity index (χ4v) is 4.40. The monoisotopic (exact) mass is 595 g/mol. The highest BCUT2D eigenvalue weighted by Crippen LogP contribution is 2.16. The first-order valence-electron chi connectivity index (χ1n) is 14.2. The van der Waals surface area contributed by atoms with Gasteiger partial charge in [0.1, 0.15) is 17.7 Å². The average molecular weight is 596 g/mol. The van der Waals surface area contributed by atoms with Gasteiger partial charge in [0.15, 0.2) is 0 Å². The SMILES string of the molecule is CC(C)(C)OC(=O)N[C@@H](Cc1cc2ccccc2[nH]1)C(=O)O.CC(C)C[C@H](N)C(=O)N(C)[C@@H](Cc1ccccc1)C(N)=O. The summed E-state index contributed by atoms with van der Waals surface area (Å²) in [7, 11) is 1.58. The lowest BCUT2D eigenvalue weighted by Gasteiger charge is -2.28. The Labute approximate surface area is 252 Å². The van der Waals surface area contributed by atoms with Crippen LogP contribution in [0.5, 0.6) is 0 Å². The van der Waals surface area contributed by atoms with Gasteiger partial charge >= 0.3 is 12.1 Å². The second-order valence-electron chi connectivity index (χ2n) is 11.9. The Hall–Kier alpha value is -4.38. The third kappa shape index (κ3) is 11.8. The molecule has 11 nitrogen and oxygen atoms in total. The number of primary amides is 1. The number of ether oxygens (including phenoxy) is 1. The van der Waals surface area contributed by atoms with Crippen molar-refractivity contribution in [3.63, 3.8) is 0 Å². The van der Waals surface area contributed by atoms with E-state index in [0.717, 1.165) is 22.2 Å². The number of carbonyl (C=O) groups is 4. The highest BCUT2D eigenvalue weighted by atomic mass is 16.6. The zero-order chi connectivity index (χ0) is 32.3. The van der Waals surface area contributed by atoms with Gasteiger partial charge < -0.3 is 36.5 Å². The van der Waals surface area contributed by atoms with Crippen molar-refractivity contribution in [1.29, 1.82) is 0 Å². The van der Waals surface area contributed by atoms with Crippen LogP contribution < -0.4 is 16.8 Å². The van der Waals surface area contributed by atoms with E-state index in [1.54, 1.807) is 27.8 Å². The number of amides is 3. The lowest BCUT2D eigenvalue weighted by Crippen LogP contribution is -2.52. The van der Waals surface area contributed by atoms with E-state index in [-0.39, 0.29) is 12.3 Å². The van der Waals surface area contributed by atoms with E-state index >= 15 is 0 Å². The van der Waals surface area contributed by atoms with Gasteiger partial charge in [0.25, 0.3) is 0 Å². The molecule has 0 bridgehead atoms. The molecule has 0 aliphatic rings. The normalized spacial score (nSPS) is 13.3. The number of benzene rings is 2. The molecule has 3 amide bonds. The summed E-state index contributed by atoms with van der Waals surface area (Å²) in [5.74, 6) is -1.56. The summed E-state index contributed by atoms with van der Waals surface area (Å²) >= 11 is 0. The Morgan fingerprint density at radius 1 is 1.00 bits per heavy atom. The number of nitrogens with zero attached hydrogens (tertiary/aromatic N) is 1. The number of hydrogen-bond donors (Lipinski definition) is 5. The van der Waals surface area contributed by atoms with Crippen LogP contribution in [0.25, 0.3) is 10.9 Å². The van der Waals surface area contributed by atoms with Crippen molar-refractivity contribution in [1.82, 2.24) is 15.2 Å². The minimum absolute atomic E-state index is 0.156. The topological polar surface area (TPSA) is 181 Å². The number of nitrogens with two attached hydrogens (primary N) is 2. The number of H-pyrrole nitrogens is 1. The van der Waals surface area contributed by atoms with E-state index in [9.17, 15) is 24.3 Å². The molecule has 11 heteroatoms. The highest BCUT2D eigenvalue weighted by Gasteiger charge is 2.29. The summed E-state index contributed by atoms with van der Waals surface area (Å²) in [4.78, 5) is 51.6. The van der Waals surface area contributed by atoms with Crippen LogP contribution in [0.15, 0.2) is 60.7 Å². The van der Waals surface area contributed by atoms with Gasteiger partial charge in [0.05, 0.1) is 6.04 Å². The number of hydrogen-bond acceptors (Lipinski definition) is 6. The molecule has 0 spiro atoms. The Morgan fingerprint density at radius 3 is 2.14 bits per heavy atom. The first-order valence-corrected chi connectivity index (χ1v) is 14.2. The molecular formula is C32H45N5O6. The number of rotatable bonds is 11. The molecule has 7 N–H and O–H groups in total. The van der Waals surface area contributed by atoms with Crippen LogP contribution in [0, 0.1) is 5.92 Å². The van der Waals surface area contributed by atoms with Crippen molar-refractivity contribution in [3.05, 3.63) is 71.9 Å². The third-order valence-corrected chi connectivity index (χ3v) is 6.46. The van der Waals surface area contributed by atoms with E-state index < -0.39 is 41.7 Å². The van der Waals surface area contributed by atoms with Crippen molar-refractivity contribution < 1.29 is 29.0 Å². The number of fused-ring (bicyclic) bond motifs is 1. The van der Waals surface area contributed by atoms with Gasteiger partial charge in [-0.15, -0.1) is 0 Å². The molecule has 3 aromatic rings. The summed E-state index contributed by atoms with van der Waals surface area (Å²) in [5.41, 5.74) is 13.3. The van der Waals surface area contributed by atoms with Crippen LogP contribution >= 0.6 is 0 Å². The van der Waals surface area contributed by atoms with Gasteiger partial charge in [0, 0.05) is 31.1 Å². The van der Waals surface area contributed by atoms with Crippen molar-refractivity contribution in [2.24, 2.45) is 17.4 Å². The van der Waals surface area contributed by atoms with Gasteiger partial charge in [-0.05, 0) is 56.2 Å². The van der Waals surface area contributed by atoms with Crippen LogP contribution in [-0.2, 0) is 32.0 Å². The molecule has 1 aromatic heterocycles. The van der Waals surface area contributed by atoms with Gasteiger partial charge in [-0.1, -0.05) is 62.4 Å². The second-order valence-corrected chi connectivity index (χ2v) is 11.9. The van der Waals surface area contributed by atoms with E-state index in [0.29, 0.717) is 18.8 Å². The number of para-hydroxylation sites is 1. The molecule has 0 fully saturated rings. The number of likely N-dealkylation sites (N-methyl/N-ethyl adjacent to an activating group) is 1. The molecule has 0 saturated carbocycles. The molecule has 0 aliphatic carbocycles. The van der Waals surface area contributed by atoms with Crippen LogP contribution in [0.2, 0.25) is 0 Å². The molecule has 3 atom stereocenters. The Balaban J connectivity index is 0.000000301. The molecule has 0 aliphatic heterocycles. The first-order chi connectivity index (χ1) is 20.1. The molecule has 2 aromatic carbocycles. The summed E-state index contributed by atoms with van der Waals surface area (Å²) in [6.07, 6.45) is 0.395. The maximum Gasteiger partial charge on any atom is 0.408 e. The Kier molecular flexibility index (Phi) is 12.7. The minimum atomic E-state index is -1.11. The van der Waals surface area contributed by atoms with E-state index in [1.165, 1.54) is 4.90 Å². The molecule has 0 saturated heterocycles. The van der Waals surface area contributed by atoms with Crippen molar-refractivity contribution in [2.45, 2.75) is 77.6 Å². The molecule has 43 heavy (non-hydrogen) atoms. The summed E-state index contributed by atoms with van der Waals surface area (Å²) in [6, 6.07) is 16.7. The second kappa shape index (κ2) is 15.7. The molecule has 0 radical (unpaired) electrons. The predicted octanol–water partition coefficient (Wildman–Crippen LogP) is 3.60. The number of alkyl carbamates (subject to hydrolysis) is 1. The largest absolute Gasteiger partial charge is 0.480 e. The van der Waals surface area contributed by atoms with Crippen LogP contribution in [0.1, 0.15) is 52.3 Å². The summed E-state index contributed by atoms with van der Waals surface area (Å²) < 4.78 is 5.09. The number of aromatic nitrogens is 1. The third-order valence-electron chi connectivity index (χ3n) is 6.46. The number of nitrogens with one attached hydrogen (secondary N) is 2. The maximum atomic E-state index is 12.3. The molecule has 234 valence electrons. The number of aliphatic carboxylic acids is 1.